The largest absolute Gasteiger partial charge is 0.478 e. The van der Waals surface area contributed by atoms with Crippen LogP contribution in [0.15, 0.2) is 41.5 Å². The van der Waals surface area contributed by atoms with Gasteiger partial charge in [-0.3, -0.25) is 4.98 Å². The summed E-state index contributed by atoms with van der Waals surface area (Å²) < 4.78 is 4.97. The van der Waals surface area contributed by atoms with Gasteiger partial charge in [-0.15, -0.1) is 0 Å². The monoisotopic (exact) mass is 232 g/mol. The van der Waals surface area contributed by atoms with Crippen molar-refractivity contribution < 1.29 is 14.3 Å². The van der Waals surface area contributed by atoms with Crippen LogP contribution in [0.2, 0.25) is 0 Å². The van der Waals surface area contributed by atoms with Crippen LogP contribution in [0.25, 0.3) is 0 Å². The van der Waals surface area contributed by atoms with Crippen LogP contribution in [0.3, 0.4) is 0 Å². The number of furan rings is 1. The van der Waals surface area contributed by atoms with Crippen LogP contribution in [0.1, 0.15) is 15.9 Å². The van der Waals surface area contributed by atoms with Crippen molar-refractivity contribution in [3.05, 3.63) is 48.2 Å². The molecule has 0 radical (unpaired) electrons. The van der Waals surface area contributed by atoms with Gasteiger partial charge in [0.1, 0.15) is 0 Å². The highest BCUT2D eigenvalue weighted by molar-refractivity contribution is 5.94. The van der Waals surface area contributed by atoms with E-state index in [-0.39, 0.29) is 5.56 Å². The van der Waals surface area contributed by atoms with E-state index in [0.29, 0.717) is 12.2 Å². The molecule has 0 atom stereocenters. The minimum Gasteiger partial charge on any atom is -0.478 e. The molecule has 0 aromatic carbocycles. The van der Waals surface area contributed by atoms with Crippen LogP contribution in [0, 0.1) is 0 Å². The maximum Gasteiger partial charge on any atom is 0.337 e. The van der Waals surface area contributed by atoms with Crippen LogP contribution < -0.4 is 4.90 Å². The van der Waals surface area contributed by atoms with Crippen molar-refractivity contribution >= 4 is 11.7 Å². The highest BCUT2D eigenvalue weighted by atomic mass is 16.4. The molecule has 0 aliphatic rings. The Balaban J connectivity index is 2.24. The van der Waals surface area contributed by atoms with Gasteiger partial charge in [0.05, 0.1) is 30.0 Å². The molecular formula is C12H12N2O3. The first-order valence-electron chi connectivity index (χ1n) is 5.08. The van der Waals surface area contributed by atoms with Crippen LogP contribution in [-0.4, -0.2) is 23.1 Å². The second-order valence-electron chi connectivity index (χ2n) is 3.69. The summed E-state index contributed by atoms with van der Waals surface area (Å²) >= 11 is 0. The van der Waals surface area contributed by atoms with Gasteiger partial charge >= 0.3 is 5.97 Å². The SMILES string of the molecule is CN(Cc1ccoc1)c1cnccc1C(=O)O. The molecule has 0 aliphatic carbocycles. The number of carboxylic acids is 1. The third-order valence-corrected chi connectivity index (χ3v) is 2.44. The minimum absolute atomic E-state index is 0.242. The van der Waals surface area contributed by atoms with E-state index >= 15 is 0 Å². The standard InChI is InChI=1S/C12H12N2O3/c1-14(7-9-3-5-17-8-9)11-6-13-4-2-10(11)12(15)16/h2-6,8H,7H2,1H3,(H,15,16). The molecule has 0 unspecified atom stereocenters. The topological polar surface area (TPSA) is 66.6 Å². The van der Waals surface area contributed by atoms with Crippen molar-refractivity contribution in [1.29, 1.82) is 0 Å². The highest BCUT2D eigenvalue weighted by Gasteiger charge is 2.13. The average molecular weight is 232 g/mol. The smallest absolute Gasteiger partial charge is 0.337 e. The van der Waals surface area contributed by atoms with E-state index in [4.69, 9.17) is 9.52 Å². The summed E-state index contributed by atoms with van der Waals surface area (Å²) in [6.07, 6.45) is 6.24. The quantitative estimate of drug-likeness (QED) is 0.873. The van der Waals surface area contributed by atoms with Crippen molar-refractivity contribution in [3.63, 3.8) is 0 Å². The highest BCUT2D eigenvalue weighted by Crippen LogP contribution is 2.19. The first kappa shape index (κ1) is 11.2. The second kappa shape index (κ2) is 4.69. The Morgan fingerprint density at radius 2 is 2.35 bits per heavy atom. The predicted molar refractivity (Wildman–Crippen MR) is 62.0 cm³/mol. The molecule has 2 aromatic heterocycles. The Hall–Kier alpha value is -2.30. The molecule has 2 rings (SSSR count). The summed E-state index contributed by atoms with van der Waals surface area (Å²) in [4.78, 5) is 16.8. The fourth-order valence-electron chi connectivity index (χ4n) is 1.61. The van der Waals surface area contributed by atoms with Gasteiger partial charge in [-0.05, 0) is 12.1 Å². The molecule has 2 heterocycles. The van der Waals surface area contributed by atoms with Gasteiger partial charge in [-0.1, -0.05) is 0 Å². The lowest BCUT2D eigenvalue weighted by molar-refractivity contribution is 0.0697. The van der Waals surface area contributed by atoms with E-state index in [1.807, 2.05) is 18.0 Å². The van der Waals surface area contributed by atoms with E-state index in [9.17, 15) is 4.79 Å². The third kappa shape index (κ3) is 2.44. The molecule has 0 fully saturated rings. The number of pyridine rings is 1. The number of aromatic carboxylic acids is 1. The number of carbonyl (C=O) groups is 1. The van der Waals surface area contributed by atoms with Crippen molar-refractivity contribution in [2.24, 2.45) is 0 Å². The second-order valence-corrected chi connectivity index (χ2v) is 3.69. The molecule has 5 heteroatoms. The van der Waals surface area contributed by atoms with Crippen molar-refractivity contribution in [1.82, 2.24) is 4.98 Å². The van der Waals surface area contributed by atoms with E-state index in [1.165, 1.54) is 12.3 Å². The van der Waals surface area contributed by atoms with Crippen molar-refractivity contribution in [2.45, 2.75) is 6.54 Å². The number of nitrogens with zero attached hydrogens (tertiary/aromatic N) is 2. The van der Waals surface area contributed by atoms with E-state index in [0.717, 1.165) is 5.56 Å². The van der Waals surface area contributed by atoms with Crippen LogP contribution in [0.4, 0.5) is 5.69 Å². The molecule has 0 bridgehead atoms. The normalized spacial score (nSPS) is 10.2. The molecule has 17 heavy (non-hydrogen) atoms. The zero-order chi connectivity index (χ0) is 12.3. The lowest BCUT2D eigenvalue weighted by Gasteiger charge is -2.19. The lowest BCUT2D eigenvalue weighted by Crippen LogP contribution is -2.19. The Morgan fingerprint density at radius 1 is 1.53 bits per heavy atom. The first-order chi connectivity index (χ1) is 8.18. The Kier molecular flexibility index (Phi) is 3.09. The summed E-state index contributed by atoms with van der Waals surface area (Å²) in [6, 6.07) is 3.33. The molecule has 5 nitrogen and oxygen atoms in total. The summed E-state index contributed by atoms with van der Waals surface area (Å²) in [5.41, 5.74) is 1.81. The molecule has 0 spiro atoms. The lowest BCUT2D eigenvalue weighted by atomic mass is 10.2. The fourth-order valence-corrected chi connectivity index (χ4v) is 1.61. The van der Waals surface area contributed by atoms with E-state index < -0.39 is 5.97 Å². The van der Waals surface area contributed by atoms with E-state index in [1.54, 1.807) is 18.7 Å². The summed E-state index contributed by atoms with van der Waals surface area (Å²) in [7, 11) is 1.82. The van der Waals surface area contributed by atoms with Crippen LogP contribution >= 0.6 is 0 Å². The average Bonchev–Trinajstić information content (AvgIpc) is 2.81. The van der Waals surface area contributed by atoms with Gasteiger partial charge in [-0.25, -0.2) is 4.79 Å². The predicted octanol–water partition coefficient (Wildman–Crippen LogP) is 2.01. The molecule has 0 aliphatic heterocycles. The zero-order valence-electron chi connectivity index (χ0n) is 9.33. The van der Waals surface area contributed by atoms with Crippen LogP contribution in [-0.2, 0) is 6.54 Å². The minimum atomic E-state index is -0.957. The third-order valence-electron chi connectivity index (χ3n) is 2.44. The molecule has 0 saturated carbocycles. The van der Waals surface area contributed by atoms with Gasteiger partial charge in [0.2, 0.25) is 0 Å². The molecule has 0 amide bonds. The Labute approximate surface area is 98.3 Å². The van der Waals surface area contributed by atoms with E-state index in [2.05, 4.69) is 4.98 Å². The summed E-state index contributed by atoms with van der Waals surface area (Å²) in [6.45, 7) is 0.572. The van der Waals surface area contributed by atoms with Gasteiger partial charge in [0.15, 0.2) is 0 Å². The van der Waals surface area contributed by atoms with Gasteiger partial charge in [0.25, 0.3) is 0 Å². The number of aromatic nitrogens is 1. The molecule has 1 N–H and O–H groups in total. The first-order valence-corrected chi connectivity index (χ1v) is 5.08. The maximum atomic E-state index is 11.1. The molecular weight excluding hydrogens is 220 g/mol. The number of hydrogen-bond acceptors (Lipinski definition) is 4. The van der Waals surface area contributed by atoms with Crippen molar-refractivity contribution in [2.75, 3.05) is 11.9 Å². The maximum absolute atomic E-state index is 11.1. The van der Waals surface area contributed by atoms with Gasteiger partial charge in [0, 0.05) is 25.4 Å². The zero-order valence-corrected chi connectivity index (χ0v) is 9.33. The molecule has 0 saturated heterocycles. The van der Waals surface area contributed by atoms with Crippen LogP contribution in [0.5, 0.6) is 0 Å². The summed E-state index contributed by atoms with van der Waals surface area (Å²) in [5.74, 6) is -0.957. The summed E-state index contributed by atoms with van der Waals surface area (Å²) in [5, 5.41) is 9.07. The number of rotatable bonds is 4. The fraction of sp³-hybridized carbons (Fsp3) is 0.167. The number of hydrogen-bond donors (Lipinski definition) is 1. The van der Waals surface area contributed by atoms with Gasteiger partial charge in [-0.2, -0.15) is 0 Å². The van der Waals surface area contributed by atoms with Gasteiger partial charge < -0.3 is 14.4 Å². The van der Waals surface area contributed by atoms with Crippen molar-refractivity contribution in [3.8, 4) is 0 Å². The Morgan fingerprint density at radius 3 is 3.00 bits per heavy atom. The number of carboxylic acid groups (broad SMARTS) is 1. The molecule has 88 valence electrons. The Bertz CT molecular complexity index is 508. The molecule has 2 aromatic rings. The number of anilines is 1.